The van der Waals surface area contributed by atoms with Crippen molar-refractivity contribution in [3.8, 4) is 0 Å². The molecule has 5 rings (SSSR count). The van der Waals surface area contributed by atoms with Gasteiger partial charge in [-0.05, 0) is 54.8 Å². The Kier molecular flexibility index (Phi) is 6.68. The van der Waals surface area contributed by atoms with E-state index in [-0.39, 0.29) is 21.4 Å². The summed E-state index contributed by atoms with van der Waals surface area (Å²) in [6, 6.07) is 10.4. The number of halogens is 3. The molecule has 34 heavy (non-hydrogen) atoms. The van der Waals surface area contributed by atoms with Crippen LogP contribution in [0.25, 0.3) is 11.2 Å². The minimum atomic E-state index is -0.268. The predicted molar refractivity (Wildman–Crippen MR) is 134 cm³/mol. The first-order valence-corrected chi connectivity index (χ1v) is 12.2. The number of carbonyl (C=O) groups excluding carboxylic acids is 1. The second-order valence-corrected chi connectivity index (χ2v) is 9.64. The van der Waals surface area contributed by atoms with E-state index in [0.717, 1.165) is 18.4 Å². The molecule has 7 nitrogen and oxygen atoms in total. The van der Waals surface area contributed by atoms with Crippen LogP contribution in [0, 0.1) is 0 Å². The molecule has 1 aliphatic rings. The van der Waals surface area contributed by atoms with Gasteiger partial charge in [-0.15, -0.1) is 5.10 Å². The number of hydrogen-bond acceptors (Lipinski definition) is 6. The fraction of sp³-hybridized carbons (Fsp3) is 0.292. The standard InChI is InChI=1S/C24H21Cl3N6O/c25-16-8-6-15(7-9-16)22(34)20-18(26)10-14(11-19(20)27)12-33-24-21(31-32-33)23(28-13-29-24)30-17-4-2-1-3-5-17/h6-11,13,17H,1-5,12H2,(H,28,29,30). The van der Waals surface area contributed by atoms with Crippen molar-refractivity contribution in [3.05, 3.63) is 74.5 Å². The van der Waals surface area contributed by atoms with Crippen molar-refractivity contribution in [1.82, 2.24) is 25.0 Å². The van der Waals surface area contributed by atoms with Gasteiger partial charge in [0.2, 0.25) is 0 Å². The number of fused-ring (bicyclic) bond motifs is 1. The van der Waals surface area contributed by atoms with Crippen LogP contribution in [-0.2, 0) is 6.54 Å². The number of aromatic nitrogens is 5. The van der Waals surface area contributed by atoms with E-state index in [2.05, 4.69) is 25.6 Å². The van der Waals surface area contributed by atoms with Gasteiger partial charge in [-0.1, -0.05) is 59.3 Å². The topological polar surface area (TPSA) is 85.6 Å². The van der Waals surface area contributed by atoms with E-state index in [0.29, 0.717) is 40.2 Å². The molecule has 0 atom stereocenters. The van der Waals surface area contributed by atoms with Gasteiger partial charge >= 0.3 is 0 Å². The summed E-state index contributed by atoms with van der Waals surface area (Å²) in [6.45, 7) is 0.339. The molecule has 2 aromatic carbocycles. The van der Waals surface area contributed by atoms with Gasteiger partial charge in [0.05, 0.1) is 22.2 Å². The van der Waals surface area contributed by atoms with Gasteiger partial charge in [0.15, 0.2) is 22.8 Å². The predicted octanol–water partition coefficient (Wildman–Crippen LogP) is 6.21. The van der Waals surface area contributed by atoms with Crippen molar-refractivity contribution < 1.29 is 4.79 Å². The Hall–Kier alpha value is -2.74. The fourth-order valence-corrected chi connectivity index (χ4v) is 5.13. The summed E-state index contributed by atoms with van der Waals surface area (Å²) in [6.07, 6.45) is 7.48. The van der Waals surface area contributed by atoms with Crippen LogP contribution in [0.2, 0.25) is 15.1 Å². The number of hydrogen-bond donors (Lipinski definition) is 1. The van der Waals surface area contributed by atoms with E-state index in [9.17, 15) is 4.79 Å². The summed E-state index contributed by atoms with van der Waals surface area (Å²) < 4.78 is 1.67. The quantitative estimate of drug-likeness (QED) is 0.307. The monoisotopic (exact) mass is 514 g/mol. The molecule has 0 aliphatic heterocycles. The second-order valence-electron chi connectivity index (χ2n) is 8.39. The van der Waals surface area contributed by atoms with Crippen LogP contribution in [0.4, 0.5) is 5.82 Å². The fourth-order valence-electron chi connectivity index (χ4n) is 4.30. The van der Waals surface area contributed by atoms with Gasteiger partial charge < -0.3 is 5.32 Å². The number of benzene rings is 2. The van der Waals surface area contributed by atoms with Crippen LogP contribution in [0.5, 0.6) is 0 Å². The first-order valence-electron chi connectivity index (χ1n) is 11.1. The number of ketones is 1. The molecule has 1 saturated carbocycles. The Balaban J connectivity index is 1.40. The highest BCUT2D eigenvalue weighted by Crippen LogP contribution is 2.30. The molecule has 0 radical (unpaired) electrons. The lowest BCUT2D eigenvalue weighted by Crippen LogP contribution is -2.23. The Labute approximate surface area is 211 Å². The van der Waals surface area contributed by atoms with Crippen LogP contribution < -0.4 is 5.32 Å². The van der Waals surface area contributed by atoms with Gasteiger partial charge in [-0.3, -0.25) is 4.79 Å². The van der Waals surface area contributed by atoms with Crippen molar-refractivity contribution >= 4 is 57.6 Å². The first-order chi connectivity index (χ1) is 16.5. The molecular weight excluding hydrogens is 495 g/mol. The van der Waals surface area contributed by atoms with Crippen molar-refractivity contribution in [2.45, 2.75) is 44.7 Å². The average molecular weight is 516 g/mol. The maximum absolute atomic E-state index is 12.9. The number of nitrogens with zero attached hydrogens (tertiary/aromatic N) is 5. The molecule has 2 aromatic heterocycles. The van der Waals surface area contributed by atoms with Crippen LogP contribution in [-0.4, -0.2) is 36.8 Å². The third-order valence-corrected chi connectivity index (χ3v) is 6.86. The number of rotatable bonds is 6. The summed E-state index contributed by atoms with van der Waals surface area (Å²) in [7, 11) is 0. The van der Waals surface area contributed by atoms with Crippen LogP contribution >= 0.6 is 34.8 Å². The molecule has 0 spiro atoms. The van der Waals surface area contributed by atoms with Gasteiger partial charge in [0, 0.05) is 16.6 Å². The highest BCUT2D eigenvalue weighted by atomic mass is 35.5. The molecule has 10 heteroatoms. The number of anilines is 1. The van der Waals surface area contributed by atoms with Gasteiger partial charge in [0.25, 0.3) is 0 Å². The smallest absolute Gasteiger partial charge is 0.196 e. The SMILES string of the molecule is O=C(c1ccc(Cl)cc1)c1c(Cl)cc(Cn2nnc3c(NC4CCCCC4)ncnc32)cc1Cl. The zero-order valence-corrected chi connectivity index (χ0v) is 20.4. The summed E-state index contributed by atoms with van der Waals surface area (Å²) in [5.41, 5.74) is 2.72. The lowest BCUT2D eigenvalue weighted by Gasteiger charge is -2.23. The average Bonchev–Trinajstić information content (AvgIpc) is 3.23. The third kappa shape index (κ3) is 4.73. The molecule has 4 aromatic rings. The molecule has 0 unspecified atom stereocenters. The molecule has 1 fully saturated rings. The van der Waals surface area contributed by atoms with Gasteiger partial charge in [-0.2, -0.15) is 0 Å². The maximum atomic E-state index is 12.9. The highest BCUT2D eigenvalue weighted by Gasteiger charge is 2.20. The first kappa shape index (κ1) is 23.0. The molecule has 1 aliphatic carbocycles. The lowest BCUT2D eigenvalue weighted by molar-refractivity contribution is 0.103. The lowest BCUT2D eigenvalue weighted by atomic mass is 9.95. The van der Waals surface area contributed by atoms with E-state index >= 15 is 0 Å². The second kappa shape index (κ2) is 9.86. The van der Waals surface area contributed by atoms with Crippen LogP contribution in [0.3, 0.4) is 0 Å². The highest BCUT2D eigenvalue weighted by molar-refractivity contribution is 6.41. The zero-order chi connectivity index (χ0) is 23.7. The Morgan fingerprint density at radius 2 is 1.71 bits per heavy atom. The molecule has 2 heterocycles. The molecule has 1 N–H and O–H groups in total. The van der Waals surface area contributed by atoms with Crippen molar-refractivity contribution in [2.24, 2.45) is 0 Å². The zero-order valence-electron chi connectivity index (χ0n) is 18.1. The Morgan fingerprint density at radius 1 is 1.00 bits per heavy atom. The molecule has 0 amide bonds. The number of carbonyl (C=O) groups is 1. The summed E-state index contributed by atoms with van der Waals surface area (Å²) in [5.74, 6) is 0.429. The van der Waals surface area contributed by atoms with E-state index in [1.165, 1.54) is 25.6 Å². The summed E-state index contributed by atoms with van der Waals surface area (Å²) in [4.78, 5) is 21.7. The Morgan fingerprint density at radius 3 is 2.41 bits per heavy atom. The molecule has 0 bridgehead atoms. The van der Waals surface area contributed by atoms with Crippen LogP contribution in [0.15, 0.2) is 42.7 Å². The van der Waals surface area contributed by atoms with Crippen LogP contribution in [0.1, 0.15) is 53.6 Å². The van der Waals surface area contributed by atoms with E-state index in [1.54, 1.807) is 41.1 Å². The minimum absolute atomic E-state index is 0.249. The third-order valence-electron chi connectivity index (χ3n) is 6.01. The largest absolute Gasteiger partial charge is 0.365 e. The summed E-state index contributed by atoms with van der Waals surface area (Å²) in [5, 5.41) is 13.2. The van der Waals surface area contributed by atoms with Crippen molar-refractivity contribution in [3.63, 3.8) is 0 Å². The van der Waals surface area contributed by atoms with Gasteiger partial charge in [-0.25, -0.2) is 14.6 Å². The minimum Gasteiger partial charge on any atom is -0.365 e. The Bertz CT molecular complexity index is 1330. The number of nitrogens with one attached hydrogen (secondary N) is 1. The summed E-state index contributed by atoms with van der Waals surface area (Å²) >= 11 is 18.9. The van der Waals surface area contributed by atoms with Crippen molar-refractivity contribution in [2.75, 3.05) is 5.32 Å². The normalized spacial score (nSPS) is 14.4. The van der Waals surface area contributed by atoms with E-state index < -0.39 is 0 Å². The molecular formula is C24H21Cl3N6O. The van der Waals surface area contributed by atoms with E-state index in [1.807, 2.05) is 0 Å². The van der Waals surface area contributed by atoms with Gasteiger partial charge in [0.1, 0.15) is 6.33 Å². The van der Waals surface area contributed by atoms with Crippen molar-refractivity contribution in [1.29, 1.82) is 0 Å². The maximum Gasteiger partial charge on any atom is 0.196 e. The molecule has 174 valence electrons. The van der Waals surface area contributed by atoms with E-state index in [4.69, 9.17) is 34.8 Å². The molecule has 0 saturated heterocycles.